The number of benzene rings is 2. The second-order valence-electron chi connectivity index (χ2n) is 5.25. The first-order valence-electron chi connectivity index (χ1n) is 7.81. The quantitative estimate of drug-likeness (QED) is 0.378. The molecular formula is C19H17N3O3S. The van der Waals surface area contributed by atoms with Crippen molar-refractivity contribution in [3.63, 3.8) is 0 Å². The first-order valence-corrected chi connectivity index (χ1v) is 8.76. The lowest BCUT2D eigenvalue weighted by Crippen LogP contribution is -2.19. The van der Waals surface area contributed by atoms with E-state index in [0.29, 0.717) is 11.4 Å². The van der Waals surface area contributed by atoms with Gasteiger partial charge in [0.25, 0.3) is 5.91 Å². The Labute approximate surface area is 154 Å². The van der Waals surface area contributed by atoms with Crippen LogP contribution in [0.4, 0.5) is 5.69 Å². The van der Waals surface area contributed by atoms with Crippen LogP contribution in [0.3, 0.4) is 0 Å². The van der Waals surface area contributed by atoms with E-state index < -0.39 is 0 Å². The predicted molar refractivity (Wildman–Crippen MR) is 103 cm³/mol. The highest BCUT2D eigenvalue weighted by molar-refractivity contribution is 7.08. The van der Waals surface area contributed by atoms with Gasteiger partial charge < -0.3 is 20.6 Å². The highest BCUT2D eigenvalue weighted by Crippen LogP contribution is 2.22. The lowest BCUT2D eigenvalue weighted by Gasteiger charge is -2.08. The van der Waals surface area contributed by atoms with E-state index >= 15 is 0 Å². The Morgan fingerprint density at radius 1 is 1.04 bits per heavy atom. The number of amides is 1. The molecule has 0 aliphatic carbocycles. The van der Waals surface area contributed by atoms with Crippen molar-refractivity contribution in [1.82, 2.24) is 0 Å². The van der Waals surface area contributed by atoms with Crippen molar-refractivity contribution >= 4 is 28.8 Å². The molecule has 0 fully saturated rings. The Hall–Kier alpha value is -3.32. The minimum atomic E-state index is -0.330. The Bertz CT molecular complexity index is 863. The molecule has 0 spiro atoms. The van der Waals surface area contributed by atoms with Crippen LogP contribution in [0.2, 0.25) is 0 Å². The van der Waals surface area contributed by atoms with Crippen LogP contribution < -0.4 is 15.8 Å². The van der Waals surface area contributed by atoms with Gasteiger partial charge in [0.1, 0.15) is 11.5 Å². The van der Waals surface area contributed by atoms with Crippen LogP contribution in [0.25, 0.3) is 0 Å². The Balaban J connectivity index is 1.47. The molecule has 26 heavy (non-hydrogen) atoms. The zero-order chi connectivity index (χ0) is 18.2. The Morgan fingerprint density at radius 3 is 2.46 bits per heavy atom. The normalized spacial score (nSPS) is 11.0. The van der Waals surface area contributed by atoms with Gasteiger partial charge in [0.15, 0.2) is 12.4 Å². The third-order valence-electron chi connectivity index (χ3n) is 3.29. The van der Waals surface area contributed by atoms with Crippen molar-refractivity contribution in [3.8, 4) is 11.5 Å². The highest BCUT2D eigenvalue weighted by Gasteiger charge is 2.05. The number of carbonyl (C=O) groups is 1. The Morgan fingerprint density at radius 2 is 1.77 bits per heavy atom. The number of nitrogens with two attached hydrogens (primary N) is 1. The fraction of sp³-hybridized carbons (Fsp3) is 0.0526. The summed E-state index contributed by atoms with van der Waals surface area (Å²) in [5, 5.41) is 10.2. The zero-order valence-electron chi connectivity index (χ0n) is 13.8. The standard InChI is InChI=1S/C19H17N3O3S/c20-19(14-10-11-26-13-14)22-24-12-18(23)21-15-6-8-17(9-7-15)25-16-4-2-1-3-5-16/h1-11,13H,12H2,(H2,20,22)(H,21,23). The van der Waals surface area contributed by atoms with E-state index in [2.05, 4.69) is 10.5 Å². The smallest absolute Gasteiger partial charge is 0.265 e. The minimum Gasteiger partial charge on any atom is -0.457 e. The fourth-order valence-electron chi connectivity index (χ4n) is 2.05. The first kappa shape index (κ1) is 17.5. The van der Waals surface area contributed by atoms with Crippen LogP contribution in [0.15, 0.2) is 76.6 Å². The molecule has 0 aliphatic rings. The van der Waals surface area contributed by atoms with Gasteiger partial charge in [-0.2, -0.15) is 11.3 Å². The number of hydrogen-bond donors (Lipinski definition) is 2. The average molecular weight is 367 g/mol. The molecule has 3 N–H and O–H groups in total. The summed E-state index contributed by atoms with van der Waals surface area (Å²) in [7, 11) is 0. The van der Waals surface area contributed by atoms with Crippen LogP contribution in [0, 0.1) is 0 Å². The van der Waals surface area contributed by atoms with Crippen molar-refractivity contribution < 1.29 is 14.4 Å². The molecule has 0 radical (unpaired) electrons. The lowest BCUT2D eigenvalue weighted by molar-refractivity contribution is -0.120. The number of hydrogen-bond acceptors (Lipinski definition) is 5. The number of nitrogens with one attached hydrogen (secondary N) is 1. The van der Waals surface area contributed by atoms with Gasteiger partial charge in [0.05, 0.1) is 0 Å². The van der Waals surface area contributed by atoms with Crippen LogP contribution in [0.5, 0.6) is 11.5 Å². The number of oxime groups is 1. The molecule has 0 saturated carbocycles. The van der Waals surface area contributed by atoms with Crippen LogP contribution in [-0.4, -0.2) is 18.3 Å². The van der Waals surface area contributed by atoms with E-state index in [1.54, 1.807) is 24.3 Å². The van der Waals surface area contributed by atoms with Crippen molar-refractivity contribution in [2.45, 2.75) is 0 Å². The molecule has 3 aromatic rings. The third kappa shape index (κ3) is 5.09. The van der Waals surface area contributed by atoms with Gasteiger partial charge in [0, 0.05) is 16.6 Å². The van der Waals surface area contributed by atoms with Gasteiger partial charge in [-0.25, -0.2) is 0 Å². The number of rotatable bonds is 7. The summed E-state index contributed by atoms with van der Waals surface area (Å²) in [5.74, 6) is 1.34. The maximum atomic E-state index is 11.9. The van der Waals surface area contributed by atoms with E-state index in [1.165, 1.54) is 11.3 Å². The van der Waals surface area contributed by atoms with E-state index in [1.807, 2.05) is 47.2 Å². The van der Waals surface area contributed by atoms with E-state index in [9.17, 15) is 4.79 Å². The summed E-state index contributed by atoms with van der Waals surface area (Å²) in [6.45, 7) is -0.229. The molecule has 0 saturated heterocycles. The highest BCUT2D eigenvalue weighted by atomic mass is 32.1. The molecule has 0 bridgehead atoms. The molecule has 3 rings (SSSR count). The minimum absolute atomic E-state index is 0.229. The van der Waals surface area contributed by atoms with Crippen molar-refractivity contribution in [1.29, 1.82) is 0 Å². The number of amidine groups is 1. The third-order valence-corrected chi connectivity index (χ3v) is 3.98. The van der Waals surface area contributed by atoms with Gasteiger partial charge in [-0.3, -0.25) is 4.79 Å². The molecule has 1 amide bonds. The number of nitrogens with zero attached hydrogens (tertiary/aromatic N) is 1. The molecule has 0 atom stereocenters. The van der Waals surface area contributed by atoms with Crippen molar-refractivity contribution in [2.75, 3.05) is 11.9 Å². The van der Waals surface area contributed by atoms with Gasteiger partial charge in [-0.1, -0.05) is 23.4 Å². The van der Waals surface area contributed by atoms with Crippen molar-refractivity contribution in [3.05, 3.63) is 77.0 Å². The number of ether oxygens (including phenoxy) is 1. The summed E-state index contributed by atoms with van der Waals surface area (Å²) in [6.07, 6.45) is 0. The maximum Gasteiger partial charge on any atom is 0.265 e. The molecule has 7 heteroatoms. The zero-order valence-corrected chi connectivity index (χ0v) is 14.6. The fourth-order valence-corrected chi connectivity index (χ4v) is 2.70. The molecule has 1 aromatic heterocycles. The summed E-state index contributed by atoms with van der Waals surface area (Å²) in [4.78, 5) is 16.9. The number of anilines is 1. The first-order chi connectivity index (χ1) is 12.7. The van der Waals surface area contributed by atoms with Gasteiger partial charge in [-0.05, 0) is 47.8 Å². The van der Waals surface area contributed by atoms with Gasteiger partial charge >= 0.3 is 0 Å². The van der Waals surface area contributed by atoms with Crippen LogP contribution in [-0.2, 0) is 9.63 Å². The van der Waals surface area contributed by atoms with E-state index in [4.69, 9.17) is 15.3 Å². The molecule has 132 valence electrons. The molecule has 2 aromatic carbocycles. The molecule has 0 aliphatic heterocycles. The Kier molecular flexibility index (Phi) is 5.84. The van der Waals surface area contributed by atoms with Gasteiger partial charge in [0.2, 0.25) is 0 Å². The SMILES string of the molecule is N/C(=N\OCC(=O)Nc1ccc(Oc2ccccc2)cc1)c1ccsc1. The number of thiophene rings is 1. The summed E-state index contributed by atoms with van der Waals surface area (Å²) < 4.78 is 5.70. The largest absolute Gasteiger partial charge is 0.457 e. The van der Waals surface area contributed by atoms with Crippen LogP contribution >= 0.6 is 11.3 Å². The predicted octanol–water partition coefficient (Wildman–Crippen LogP) is 3.82. The monoisotopic (exact) mass is 367 g/mol. The van der Waals surface area contributed by atoms with E-state index in [-0.39, 0.29) is 18.3 Å². The van der Waals surface area contributed by atoms with E-state index in [0.717, 1.165) is 11.3 Å². The van der Waals surface area contributed by atoms with Crippen molar-refractivity contribution in [2.24, 2.45) is 10.9 Å². The van der Waals surface area contributed by atoms with Crippen LogP contribution in [0.1, 0.15) is 5.56 Å². The number of para-hydroxylation sites is 1. The molecule has 1 heterocycles. The molecular weight excluding hydrogens is 350 g/mol. The molecule has 6 nitrogen and oxygen atoms in total. The lowest BCUT2D eigenvalue weighted by atomic mass is 10.3. The number of carbonyl (C=O) groups excluding carboxylic acids is 1. The summed E-state index contributed by atoms with van der Waals surface area (Å²) in [5.41, 5.74) is 7.15. The van der Waals surface area contributed by atoms with Gasteiger partial charge in [-0.15, -0.1) is 0 Å². The maximum absolute atomic E-state index is 11.9. The second kappa shape index (κ2) is 8.68. The molecule has 0 unspecified atom stereocenters. The topological polar surface area (TPSA) is 85.9 Å². The summed E-state index contributed by atoms with van der Waals surface area (Å²) >= 11 is 1.51. The summed E-state index contributed by atoms with van der Waals surface area (Å²) in [6, 6.07) is 18.3. The second-order valence-corrected chi connectivity index (χ2v) is 6.03. The average Bonchev–Trinajstić information content (AvgIpc) is 3.19.